The predicted molar refractivity (Wildman–Crippen MR) is 52.4 cm³/mol. The highest BCUT2D eigenvalue weighted by Gasteiger charge is 2.17. The number of carbonyl (C=O) groups is 1. The van der Waals surface area contributed by atoms with Crippen molar-refractivity contribution >= 4 is 5.91 Å². The Hall–Kier alpha value is -1.42. The summed E-state index contributed by atoms with van der Waals surface area (Å²) in [7, 11) is 0. The van der Waals surface area contributed by atoms with Gasteiger partial charge in [0.25, 0.3) is 0 Å². The number of aromatic nitrogens is 1. The Labute approximate surface area is 82.7 Å². The lowest BCUT2D eigenvalue weighted by Gasteiger charge is -2.26. The van der Waals surface area contributed by atoms with Crippen LogP contribution in [0, 0.1) is 0 Å². The van der Waals surface area contributed by atoms with E-state index in [1.54, 1.807) is 6.20 Å². The zero-order chi connectivity index (χ0) is 9.97. The largest absolute Gasteiger partial charge is 0.369 e. The molecule has 4 heteroatoms. The number of carbonyl (C=O) groups excluding carboxylic acids is 1. The molecule has 4 nitrogen and oxygen atoms in total. The second kappa shape index (κ2) is 3.75. The van der Waals surface area contributed by atoms with Crippen molar-refractivity contribution in [2.75, 3.05) is 13.1 Å². The minimum absolute atomic E-state index is 0.274. The minimum atomic E-state index is -0.274. The molecule has 2 heterocycles. The first-order valence-corrected chi connectivity index (χ1v) is 4.69. The van der Waals surface area contributed by atoms with Crippen LogP contribution < -0.4 is 5.73 Å². The van der Waals surface area contributed by atoms with Crippen LogP contribution in [0.5, 0.6) is 0 Å². The Bertz CT molecular complexity index is 351. The lowest BCUT2D eigenvalue weighted by Crippen LogP contribution is -2.37. The van der Waals surface area contributed by atoms with Crippen molar-refractivity contribution in [2.24, 2.45) is 5.73 Å². The Morgan fingerprint density at radius 1 is 1.64 bits per heavy atom. The van der Waals surface area contributed by atoms with Crippen molar-refractivity contribution in [1.82, 2.24) is 9.88 Å². The van der Waals surface area contributed by atoms with Crippen LogP contribution in [-0.2, 0) is 17.8 Å². The number of nitrogens with two attached hydrogens (primary N) is 1. The molecular weight excluding hydrogens is 178 g/mol. The van der Waals surface area contributed by atoms with Crippen LogP contribution in [0.2, 0.25) is 0 Å². The van der Waals surface area contributed by atoms with Crippen LogP contribution in [0.3, 0.4) is 0 Å². The summed E-state index contributed by atoms with van der Waals surface area (Å²) in [6.45, 7) is 1.96. The third kappa shape index (κ3) is 1.90. The Morgan fingerprint density at radius 2 is 2.50 bits per heavy atom. The number of primary amides is 1. The summed E-state index contributed by atoms with van der Waals surface area (Å²) in [5.41, 5.74) is 7.50. The van der Waals surface area contributed by atoms with Crippen LogP contribution in [0.4, 0.5) is 0 Å². The Morgan fingerprint density at radius 3 is 3.29 bits per heavy atom. The van der Waals surface area contributed by atoms with Gasteiger partial charge >= 0.3 is 0 Å². The van der Waals surface area contributed by atoms with Gasteiger partial charge in [0, 0.05) is 19.3 Å². The second-order valence-electron chi connectivity index (χ2n) is 3.54. The monoisotopic (exact) mass is 191 g/mol. The predicted octanol–water partition coefficient (Wildman–Crippen LogP) is -0.0750. The number of rotatable bonds is 2. The van der Waals surface area contributed by atoms with E-state index in [0.29, 0.717) is 6.54 Å². The van der Waals surface area contributed by atoms with Crippen molar-refractivity contribution in [3.05, 3.63) is 29.6 Å². The van der Waals surface area contributed by atoms with Crippen LogP contribution in [0.1, 0.15) is 11.3 Å². The summed E-state index contributed by atoms with van der Waals surface area (Å²) in [6, 6.07) is 4.03. The number of nitrogens with zero attached hydrogens (tertiary/aromatic N) is 2. The van der Waals surface area contributed by atoms with Gasteiger partial charge in [0.1, 0.15) is 0 Å². The number of fused-ring (bicyclic) bond motifs is 1. The lowest BCUT2D eigenvalue weighted by atomic mass is 10.1. The molecule has 0 radical (unpaired) electrons. The highest BCUT2D eigenvalue weighted by atomic mass is 16.1. The van der Waals surface area contributed by atoms with E-state index in [2.05, 4.69) is 11.1 Å². The van der Waals surface area contributed by atoms with Gasteiger partial charge in [-0.25, -0.2) is 0 Å². The maximum Gasteiger partial charge on any atom is 0.231 e. The fourth-order valence-corrected chi connectivity index (χ4v) is 1.77. The number of pyridine rings is 1. The van der Waals surface area contributed by atoms with Crippen molar-refractivity contribution in [2.45, 2.75) is 13.0 Å². The zero-order valence-corrected chi connectivity index (χ0v) is 7.94. The molecule has 1 aromatic heterocycles. The van der Waals surface area contributed by atoms with Crippen molar-refractivity contribution in [3.8, 4) is 0 Å². The smallest absolute Gasteiger partial charge is 0.231 e. The van der Waals surface area contributed by atoms with Gasteiger partial charge in [0.05, 0.1) is 12.2 Å². The van der Waals surface area contributed by atoms with Gasteiger partial charge in [-0.15, -0.1) is 0 Å². The maximum atomic E-state index is 10.7. The van der Waals surface area contributed by atoms with Gasteiger partial charge in [-0.1, -0.05) is 6.07 Å². The number of hydrogen-bond acceptors (Lipinski definition) is 3. The average molecular weight is 191 g/mol. The van der Waals surface area contributed by atoms with Gasteiger partial charge < -0.3 is 5.73 Å². The normalized spacial score (nSPS) is 16.3. The van der Waals surface area contributed by atoms with Gasteiger partial charge in [-0.2, -0.15) is 0 Å². The molecule has 2 rings (SSSR count). The van der Waals surface area contributed by atoms with E-state index in [0.717, 1.165) is 25.2 Å². The average Bonchev–Trinajstić information content (AvgIpc) is 2.17. The summed E-state index contributed by atoms with van der Waals surface area (Å²) >= 11 is 0. The Kier molecular flexibility index (Phi) is 2.45. The molecule has 0 saturated heterocycles. The van der Waals surface area contributed by atoms with Crippen molar-refractivity contribution in [1.29, 1.82) is 0 Å². The molecule has 0 aromatic carbocycles. The second-order valence-corrected chi connectivity index (χ2v) is 3.54. The molecule has 0 spiro atoms. The lowest BCUT2D eigenvalue weighted by molar-refractivity contribution is -0.119. The standard InChI is InChI=1S/C10H13N3O/c11-10(14)7-13-5-3-8-2-1-4-12-9(8)6-13/h1-2,4H,3,5-7H2,(H2,11,14). The fourth-order valence-electron chi connectivity index (χ4n) is 1.77. The van der Waals surface area contributed by atoms with Crippen LogP contribution in [0.25, 0.3) is 0 Å². The molecule has 1 amide bonds. The molecule has 0 fully saturated rings. The van der Waals surface area contributed by atoms with Crippen molar-refractivity contribution < 1.29 is 4.79 Å². The number of hydrogen-bond donors (Lipinski definition) is 1. The first kappa shape index (κ1) is 9.15. The summed E-state index contributed by atoms with van der Waals surface area (Å²) in [4.78, 5) is 17.0. The van der Waals surface area contributed by atoms with E-state index >= 15 is 0 Å². The van der Waals surface area contributed by atoms with E-state index in [9.17, 15) is 4.79 Å². The van der Waals surface area contributed by atoms with Gasteiger partial charge in [-0.05, 0) is 18.1 Å². The first-order valence-electron chi connectivity index (χ1n) is 4.69. The van der Waals surface area contributed by atoms with Gasteiger partial charge in [-0.3, -0.25) is 14.7 Å². The van der Waals surface area contributed by atoms with E-state index in [1.807, 2.05) is 11.0 Å². The molecule has 14 heavy (non-hydrogen) atoms. The zero-order valence-electron chi connectivity index (χ0n) is 7.94. The fraction of sp³-hybridized carbons (Fsp3) is 0.400. The molecule has 0 unspecified atom stereocenters. The van der Waals surface area contributed by atoms with Crippen LogP contribution in [0.15, 0.2) is 18.3 Å². The summed E-state index contributed by atoms with van der Waals surface area (Å²) in [6.07, 6.45) is 2.74. The third-order valence-electron chi connectivity index (χ3n) is 2.43. The molecule has 2 N–H and O–H groups in total. The quantitative estimate of drug-likeness (QED) is 0.711. The van der Waals surface area contributed by atoms with E-state index in [4.69, 9.17) is 5.73 Å². The summed E-state index contributed by atoms with van der Waals surface area (Å²) in [5.74, 6) is -0.274. The minimum Gasteiger partial charge on any atom is -0.369 e. The molecule has 0 atom stereocenters. The summed E-state index contributed by atoms with van der Waals surface area (Å²) in [5, 5.41) is 0. The molecule has 0 aliphatic carbocycles. The first-order chi connectivity index (χ1) is 6.75. The summed E-state index contributed by atoms with van der Waals surface area (Å²) < 4.78 is 0. The van der Waals surface area contributed by atoms with Gasteiger partial charge in [0.2, 0.25) is 5.91 Å². The van der Waals surface area contributed by atoms with E-state index < -0.39 is 0 Å². The van der Waals surface area contributed by atoms with Crippen LogP contribution in [-0.4, -0.2) is 28.9 Å². The van der Waals surface area contributed by atoms with Crippen molar-refractivity contribution in [3.63, 3.8) is 0 Å². The van der Waals surface area contributed by atoms with Crippen LogP contribution >= 0.6 is 0 Å². The highest BCUT2D eigenvalue weighted by Crippen LogP contribution is 2.15. The molecule has 1 aliphatic heterocycles. The third-order valence-corrected chi connectivity index (χ3v) is 2.43. The molecule has 1 aromatic rings. The highest BCUT2D eigenvalue weighted by molar-refractivity contribution is 5.75. The molecular formula is C10H13N3O. The Balaban J connectivity index is 2.09. The SMILES string of the molecule is NC(=O)CN1CCc2cccnc2C1. The molecule has 0 saturated carbocycles. The van der Waals surface area contributed by atoms with Gasteiger partial charge in [0.15, 0.2) is 0 Å². The van der Waals surface area contributed by atoms with E-state index in [1.165, 1.54) is 5.56 Å². The molecule has 74 valence electrons. The maximum absolute atomic E-state index is 10.7. The van der Waals surface area contributed by atoms with E-state index in [-0.39, 0.29) is 5.91 Å². The molecule has 1 aliphatic rings. The number of amides is 1. The topological polar surface area (TPSA) is 59.2 Å². The molecule has 0 bridgehead atoms.